The number of oxazole rings is 1. The van der Waals surface area contributed by atoms with Crippen molar-refractivity contribution in [3.8, 4) is 28.5 Å². The minimum Gasteiger partial charge on any atom is -0.445 e. The zero-order valence-corrected chi connectivity index (χ0v) is 17.0. The lowest BCUT2D eigenvalue weighted by Gasteiger charge is -2.15. The fraction of sp³-hybridized carbons (Fsp3) is 0.100. The van der Waals surface area contributed by atoms with Crippen LogP contribution in [-0.4, -0.2) is 32.0 Å². The van der Waals surface area contributed by atoms with Gasteiger partial charge in [-0.3, -0.25) is 14.5 Å². The Kier molecular flexibility index (Phi) is 5.65. The maximum atomic E-state index is 13.9. The van der Waals surface area contributed by atoms with Crippen molar-refractivity contribution in [1.29, 1.82) is 0 Å². The molecule has 4 rings (SSSR count). The van der Waals surface area contributed by atoms with E-state index in [4.69, 9.17) is 10.2 Å². The van der Waals surface area contributed by atoms with Crippen LogP contribution in [0.4, 0.5) is 33.3 Å². The van der Waals surface area contributed by atoms with Crippen LogP contribution in [0.15, 0.2) is 47.5 Å². The highest BCUT2D eigenvalue weighted by Crippen LogP contribution is 2.40. The molecule has 4 aromatic rings. The zero-order chi connectivity index (χ0) is 24.6. The molecule has 1 amide bonds. The number of nitrogens with zero attached hydrogens (tertiary/aromatic N) is 4. The fourth-order valence-corrected chi connectivity index (χ4v) is 3.16. The third-order valence-corrected chi connectivity index (χ3v) is 4.53. The maximum absolute atomic E-state index is 13.9. The summed E-state index contributed by atoms with van der Waals surface area (Å²) in [7, 11) is 1.31. The first-order valence-electron chi connectivity index (χ1n) is 9.28. The Morgan fingerprint density at radius 3 is 2.53 bits per heavy atom. The number of nitrogens with one attached hydrogen (secondary N) is 1. The van der Waals surface area contributed by atoms with E-state index < -0.39 is 41.0 Å². The molecule has 0 saturated carbocycles. The monoisotopic (exact) mass is 480 g/mol. The smallest absolute Gasteiger partial charge is 0.445 e. The number of aryl methyl sites for hydroxylation is 1. The van der Waals surface area contributed by atoms with Crippen molar-refractivity contribution in [3.63, 3.8) is 0 Å². The number of hydrogen-bond acceptors (Lipinski definition) is 7. The zero-order valence-electron chi connectivity index (χ0n) is 17.0. The van der Waals surface area contributed by atoms with Gasteiger partial charge in [-0.1, -0.05) is 0 Å². The van der Waals surface area contributed by atoms with Crippen LogP contribution >= 0.6 is 0 Å². The number of benzene rings is 1. The van der Waals surface area contributed by atoms with Crippen molar-refractivity contribution in [2.75, 3.05) is 11.1 Å². The average Bonchev–Trinajstić information content (AvgIpc) is 3.39. The van der Waals surface area contributed by atoms with E-state index in [0.717, 1.165) is 10.7 Å². The Labute approximate surface area is 187 Å². The van der Waals surface area contributed by atoms with E-state index in [1.165, 1.54) is 31.6 Å². The van der Waals surface area contributed by atoms with E-state index in [1.54, 1.807) is 0 Å². The number of halogens is 5. The Hall–Kier alpha value is -4.49. The number of aromatic nitrogens is 4. The molecule has 0 aliphatic carbocycles. The molecule has 1 aromatic carbocycles. The van der Waals surface area contributed by atoms with Crippen LogP contribution in [0.2, 0.25) is 0 Å². The lowest BCUT2D eigenvalue weighted by Crippen LogP contribution is -2.18. The molecule has 0 aliphatic rings. The van der Waals surface area contributed by atoms with Crippen molar-refractivity contribution in [2.24, 2.45) is 7.05 Å². The molecular formula is C20H13F5N6O3. The summed E-state index contributed by atoms with van der Waals surface area (Å²) in [4.78, 5) is 19.9. The van der Waals surface area contributed by atoms with Crippen molar-refractivity contribution in [3.05, 3.63) is 60.4 Å². The van der Waals surface area contributed by atoms with E-state index in [1.807, 2.05) is 5.32 Å². The van der Waals surface area contributed by atoms with E-state index >= 15 is 0 Å². The Morgan fingerprint density at radius 2 is 1.91 bits per heavy atom. The largest absolute Gasteiger partial charge is 0.573 e. The first-order valence-corrected chi connectivity index (χ1v) is 9.28. The first kappa shape index (κ1) is 22.7. The van der Waals surface area contributed by atoms with Crippen LogP contribution in [0.1, 0.15) is 10.5 Å². The number of nitrogen functional groups attached to an aromatic ring is 1. The van der Waals surface area contributed by atoms with Gasteiger partial charge >= 0.3 is 6.36 Å². The van der Waals surface area contributed by atoms with Crippen molar-refractivity contribution in [1.82, 2.24) is 19.7 Å². The van der Waals surface area contributed by atoms with Gasteiger partial charge in [0.05, 0.1) is 30.0 Å². The molecule has 0 radical (unpaired) electrons. The minimum atomic E-state index is -5.04. The summed E-state index contributed by atoms with van der Waals surface area (Å²) in [5.41, 5.74) is 4.35. The number of carbonyl (C=O) groups excluding carboxylic acids is 1. The Morgan fingerprint density at radius 1 is 1.21 bits per heavy atom. The van der Waals surface area contributed by atoms with Crippen LogP contribution in [0.25, 0.3) is 22.7 Å². The third-order valence-electron chi connectivity index (χ3n) is 4.53. The van der Waals surface area contributed by atoms with E-state index in [-0.39, 0.29) is 28.4 Å². The van der Waals surface area contributed by atoms with Crippen molar-refractivity contribution >= 4 is 17.3 Å². The summed E-state index contributed by atoms with van der Waals surface area (Å²) in [5, 5.41) is 5.91. The van der Waals surface area contributed by atoms with Gasteiger partial charge in [-0.15, -0.1) is 13.2 Å². The number of pyridine rings is 1. The molecule has 3 N–H and O–H groups in total. The SMILES string of the molecule is Cn1nc(C(=O)Nc2c(F)cncc2F)c(N)c1-c1cc(-c2ncco2)ccc1OC(F)(F)F. The third kappa shape index (κ3) is 4.37. The molecule has 0 fully saturated rings. The maximum Gasteiger partial charge on any atom is 0.573 e. The minimum absolute atomic E-state index is 0.0992. The van der Waals surface area contributed by atoms with Crippen LogP contribution < -0.4 is 15.8 Å². The molecule has 9 nitrogen and oxygen atoms in total. The predicted octanol–water partition coefficient (Wildman–Crippen LogP) is 4.15. The molecule has 0 saturated heterocycles. The standard InChI is InChI=1S/C20H13F5N6O3/c1-31-17(14(26)16(30-31)18(32)29-15-11(21)7-27-8-12(15)22)10-6-9(19-28-4-5-33-19)2-3-13(10)34-20(23,24)25/h2-8H,26H2,1H3,(H,27,29,32). The second-order valence-corrected chi connectivity index (χ2v) is 6.76. The van der Waals surface area contributed by atoms with Crippen molar-refractivity contribution in [2.45, 2.75) is 6.36 Å². The van der Waals surface area contributed by atoms with Crippen LogP contribution in [0.3, 0.4) is 0 Å². The summed E-state index contributed by atoms with van der Waals surface area (Å²) in [6, 6.07) is 3.56. The summed E-state index contributed by atoms with van der Waals surface area (Å²) >= 11 is 0. The van der Waals surface area contributed by atoms with Crippen LogP contribution in [-0.2, 0) is 7.05 Å². The van der Waals surface area contributed by atoms with E-state index in [0.29, 0.717) is 12.4 Å². The van der Waals surface area contributed by atoms with Gasteiger partial charge in [0.25, 0.3) is 5.91 Å². The first-order chi connectivity index (χ1) is 16.0. The number of rotatable bonds is 5. The predicted molar refractivity (Wildman–Crippen MR) is 107 cm³/mol. The summed E-state index contributed by atoms with van der Waals surface area (Å²) < 4.78 is 77.1. The van der Waals surface area contributed by atoms with E-state index in [9.17, 15) is 26.7 Å². The van der Waals surface area contributed by atoms with Gasteiger partial charge in [0.15, 0.2) is 17.3 Å². The highest BCUT2D eigenvalue weighted by atomic mass is 19.4. The summed E-state index contributed by atoms with van der Waals surface area (Å²) in [5.74, 6) is -3.95. The number of ether oxygens (including phenoxy) is 1. The number of alkyl halides is 3. The molecule has 176 valence electrons. The van der Waals surface area contributed by atoms with Gasteiger partial charge < -0.3 is 20.2 Å². The van der Waals surface area contributed by atoms with Gasteiger partial charge in [0, 0.05) is 18.2 Å². The van der Waals surface area contributed by atoms with Gasteiger partial charge in [0.2, 0.25) is 5.89 Å². The number of hydrogen-bond donors (Lipinski definition) is 2. The number of carbonyl (C=O) groups is 1. The molecule has 0 bridgehead atoms. The van der Waals surface area contributed by atoms with Gasteiger partial charge in [0.1, 0.15) is 17.7 Å². The highest BCUT2D eigenvalue weighted by molar-refractivity contribution is 6.08. The quantitative estimate of drug-likeness (QED) is 0.412. The molecule has 0 unspecified atom stereocenters. The normalized spacial score (nSPS) is 11.5. The molecule has 0 atom stereocenters. The Bertz CT molecular complexity index is 1350. The van der Waals surface area contributed by atoms with Crippen LogP contribution in [0, 0.1) is 11.6 Å². The number of nitrogens with two attached hydrogens (primary N) is 1. The van der Waals surface area contributed by atoms with Gasteiger partial charge in [-0.05, 0) is 18.2 Å². The second kappa shape index (κ2) is 8.46. The topological polar surface area (TPSA) is 121 Å². The average molecular weight is 480 g/mol. The molecule has 0 aliphatic heterocycles. The van der Waals surface area contributed by atoms with Gasteiger partial charge in [-0.25, -0.2) is 13.8 Å². The fourth-order valence-electron chi connectivity index (χ4n) is 3.16. The summed E-state index contributed by atoms with van der Waals surface area (Å²) in [6.07, 6.45) is -1.06. The number of anilines is 2. The second-order valence-electron chi connectivity index (χ2n) is 6.76. The highest BCUT2D eigenvalue weighted by Gasteiger charge is 2.34. The number of amides is 1. The van der Waals surface area contributed by atoms with E-state index in [2.05, 4.69) is 19.8 Å². The Balaban J connectivity index is 1.80. The molecule has 34 heavy (non-hydrogen) atoms. The lowest BCUT2D eigenvalue weighted by molar-refractivity contribution is -0.274. The van der Waals surface area contributed by atoms with Crippen LogP contribution in [0.5, 0.6) is 5.75 Å². The molecule has 14 heteroatoms. The lowest BCUT2D eigenvalue weighted by atomic mass is 10.0. The molecule has 0 spiro atoms. The molecule has 3 aromatic heterocycles. The summed E-state index contributed by atoms with van der Waals surface area (Å²) in [6.45, 7) is 0. The molecular weight excluding hydrogens is 467 g/mol. The van der Waals surface area contributed by atoms with Gasteiger partial charge in [-0.2, -0.15) is 5.10 Å². The molecule has 3 heterocycles. The van der Waals surface area contributed by atoms with Crippen molar-refractivity contribution < 1.29 is 35.9 Å².